The zero-order chi connectivity index (χ0) is 81.7. The number of ether oxygens (including phenoxy) is 6. The predicted molar refractivity (Wildman–Crippen MR) is 429 cm³/mol. The molecule has 116 heavy (non-hydrogen) atoms. The number of methoxy groups -OCH3 is 5. The second-order valence-electron chi connectivity index (χ2n) is 24.9. The molecule has 0 aliphatic heterocycles. The van der Waals surface area contributed by atoms with Crippen LogP contribution in [-0.2, 0) is 45.4 Å². The zero-order valence-electron chi connectivity index (χ0n) is 62.4. The molecular weight excluding hydrogens is 1530 g/mol. The van der Waals surface area contributed by atoms with Gasteiger partial charge in [-0.15, -0.1) is 0 Å². The number of halogens is 7. The summed E-state index contributed by atoms with van der Waals surface area (Å²) in [6, 6.07) is 56.7. The first-order valence-electron chi connectivity index (χ1n) is 34.9. The van der Waals surface area contributed by atoms with Gasteiger partial charge in [0.15, 0.2) is 46.5 Å². The van der Waals surface area contributed by atoms with E-state index in [0.29, 0.717) is 67.9 Å². The van der Waals surface area contributed by atoms with E-state index in [4.69, 9.17) is 58.2 Å². The van der Waals surface area contributed by atoms with Gasteiger partial charge in [0.05, 0.1) is 51.2 Å². The fraction of sp³-hybridized carbons (Fsp3) is 0.139. The van der Waals surface area contributed by atoms with Crippen LogP contribution in [0.15, 0.2) is 194 Å². The van der Waals surface area contributed by atoms with Crippen molar-refractivity contribution in [2.24, 2.45) is 0 Å². The first-order chi connectivity index (χ1) is 56.2. The summed E-state index contributed by atoms with van der Waals surface area (Å²) in [4.78, 5) is 52.0. The number of nitrogens with zero attached hydrogens (tertiary/aromatic N) is 16. The van der Waals surface area contributed by atoms with Crippen LogP contribution < -0.4 is 53.7 Å². The quantitative estimate of drug-likeness (QED) is 0.0276. The van der Waals surface area contributed by atoms with Gasteiger partial charge in [0.1, 0.15) is 61.2 Å². The minimum atomic E-state index is -2.94. The third-order valence-electron chi connectivity index (χ3n) is 17.0. The monoisotopic (exact) mass is 1600 g/mol. The summed E-state index contributed by atoms with van der Waals surface area (Å²) >= 11 is 5.90. The Kier molecular flexibility index (Phi) is 24.7. The molecule has 0 aliphatic carbocycles. The third-order valence-corrected chi connectivity index (χ3v) is 17.2. The van der Waals surface area contributed by atoms with E-state index in [0.717, 1.165) is 38.7 Å². The lowest BCUT2D eigenvalue weighted by Gasteiger charge is -2.13. The maximum atomic E-state index is 14.6. The largest absolute Gasteiger partial charge is 0.497 e. The molecule has 8 aromatic heterocycles. The van der Waals surface area contributed by atoms with Gasteiger partial charge in [0, 0.05) is 56.2 Å². The van der Waals surface area contributed by atoms with E-state index in [1.807, 2.05) is 128 Å². The highest BCUT2D eigenvalue weighted by Crippen LogP contribution is 2.33. The van der Waals surface area contributed by atoms with Crippen molar-refractivity contribution < 1.29 is 54.8 Å². The molecule has 37 heteroatoms. The molecule has 0 amide bonds. The molecule has 592 valence electrons. The van der Waals surface area contributed by atoms with E-state index in [1.54, 1.807) is 95.2 Å². The van der Waals surface area contributed by atoms with E-state index in [-0.39, 0.29) is 103 Å². The molecule has 0 spiro atoms. The number of fused-ring (bicyclic) bond motifs is 4. The molecule has 0 saturated carbocycles. The average molecular weight is 1600 g/mol. The van der Waals surface area contributed by atoms with E-state index in [1.165, 1.54) is 31.4 Å². The number of aryl methyl sites for hydroxylation is 1. The molecule has 8 heterocycles. The van der Waals surface area contributed by atoms with Crippen molar-refractivity contribution in [3.8, 4) is 35.3 Å². The maximum absolute atomic E-state index is 14.6. The van der Waals surface area contributed by atoms with E-state index >= 15 is 0 Å². The average Bonchev–Trinajstić information content (AvgIpc) is 1.62. The molecule has 0 radical (unpaired) electrons. The van der Waals surface area contributed by atoms with Gasteiger partial charge in [0.2, 0.25) is 47.1 Å². The number of alkyl halides is 2. The Morgan fingerprint density at radius 1 is 0.336 bits per heavy atom. The van der Waals surface area contributed by atoms with Crippen LogP contribution in [0, 0.1) is 30.2 Å². The highest BCUT2D eigenvalue weighted by Gasteiger charge is 2.25. The number of nitrogen functional groups attached to an aromatic ring is 4. The Morgan fingerprint density at radius 2 is 0.586 bits per heavy atom. The Hall–Kier alpha value is -14.3. The Balaban J connectivity index is 0.000000135. The fourth-order valence-corrected chi connectivity index (χ4v) is 11.9. The van der Waals surface area contributed by atoms with Gasteiger partial charge in [-0.1, -0.05) is 77.8 Å². The lowest BCUT2D eigenvalue weighted by molar-refractivity contribution is -0.0498. The number of nitrogens with two attached hydrogens (primary N) is 4. The van der Waals surface area contributed by atoms with Crippen molar-refractivity contribution in [3.63, 3.8) is 0 Å². The molecular formula is C79H71ClF6N24O6. The molecule has 16 rings (SSSR count). The smallest absolute Gasteiger partial charge is 0.387 e. The summed E-state index contributed by atoms with van der Waals surface area (Å²) in [6.45, 7) is -0.0789. The minimum Gasteiger partial charge on any atom is -0.497 e. The molecule has 0 unspecified atom stereocenters. The van der Waals surface area contributed by atoms with Crippen LogP contribution in [0.1, 0.15) is 28.9 Å². The predicted octanol–water partition coefficient (Wildman–Crippen LogP) is 15.3. The normalized spacial score (nSPS) is 11.1. The molecule has 30 nitrogen and oxygen atoms in total. The summed E-state index contributed by atoms with van der Waals surface area (Å²) < 4.78 is 120. The Bertz CT molecular complexity index is 5960. The van der Waals surface area contributed by atoms with Crippen molar-refractivity contribution in [3.05, 3.63) is 251 Å². The lowest BCUT2D eigenvalue weighted by Crippen LogP contribution is -2.12. The summed E-state index contributed by atoms with van der Waals surface area (Å²) in [5.41, 5.74) is 32.7. The first-order valence-corrected chi connectivity index (χ1v) is 35.3. The van der Waals surface area contributed by atoms with Crippen LogP contribution in [0.2, 0.25) is 5.02 Å². The van der Waals surface area contributed by atoms with Gasteiger partial charge in [0.25, 0.3) is 0 Å². The summed E-state index contributed by atoms with van der Waals surface area (Å²) in [5.74, 6) is -0.871. The van der Waals surface area contributed by atoms with Gasteiger partial charge >= 0.3 is 6.61 Å². The van der Waals surface area contributed by atoms with Crippen LogP contribution >= 0.6 is 11.6 Å². The highest BCUT2D eigenvalue weighted by molar-refractivity contribution is 6.30. The van der Waals surface area contributed by atoms with Gasteiger partial charge in [-0.2, -0.15) is 66.2 Å². The number of imidazole rings is 4. The Labute approximate surface area is 661 Å². The molecule has 0 bridgehead atoms. The van der Waals surface area contributed by atoms with Gasteiger partial charge in [-0.05, 0) is 140 Å². The second-order valence-corrected chi connectivity index (χ2v) is 25.4. The standard InChI is InChI=1S/C20H17F3N6O2.C20H19FN6O2.C20H19FN6O.C19H16ClFN6O/c1-30-10-15-26-13-4-2-3-5-14(13)29(15)20-27-17(24)16(21)18(28-20)25-11-6-8-12(9-7-11)31-19(22)23;1-28-11-16-24-14-5-3-4-6-15(14)27(16)20-25-18(22)17(21)19(26-20)23-12-7-9-13(29-2)10-8-12;1-12-7-9-13(10-8-12)23-19-17(21)18(22)25-20(26-19)27-15-6-4-3-5-14(15)24-16(27)11-28-2;1-28-10-15-24-13-4-2-3-5-14(13)27(15)19-25-17(22)16(21)18(26-19)23-12-8-6-11(20)7-9-12/h2-9,19H,10H2,1H3,(H3,24,25,27,28);3-10H,11H2,1-2H3,(H3,22,23,25,26);3-10H,11H2,1-2H3,(H3,22,23,25,26);2-9H,10H2,1H3,(H3,22,23,25,26). The number of rotatable bonds is 23. The van der Waals surface area contributed by atoms with Crippen molar-refractivity contribution in [1.82, 2.24) is 78.1 Å². The zero-order valence-corrected chi connectivity index (χ0v) is 63.2. The number of hydrogen-bond donors (Lipinski definition) is 8. The van der Waals surface area contributed by atoms with Crippen molar-refractivity contribution in [2.75, 3.05) is 79.8 Å². The number of para-hydroxylation sites is 8. The number of aromatic nitrogens is 16. The van der Waals surface area contributed by atoms with Crippen LogP contribution in [0.5, 0.6) is 11.5 Å². The third kappa shape index (κ3) is 18.1. The molecule has 16 aromatic rings. The second kappa shape index (κ2) is 36.0. The molecule has 8 aromatic carbocycles. The van der Waals surface area contributed by atoms with Crippen molar-refractivity contribution >= 4 is 125 Å². The molecule has 0 saturated heterocycles. The number of anilines is 12. The van der Waals surface area contributed by atoms with E-state index in [2.05, 4.69) is 85.8 Å². The van der Waals surface area contributed by atoms with Gasteiger partial charge in [-0.3, -0.25) is 18.3 Å². The van der Waals surface area contributed by atoms with E-state index < -0.39 is 29.9 Å². The topological polar surface area (TPSA) is 382 Å². The first kappa shape index (κ1) is 79.7. The SMILES string of the molecule is COCc1nc2ccccc2n1-c1nc(N)c(F)c(Nc2ccc(C)cc2)n1.COCc1nc2ccccc2n1-c1nc(N)c(F)c(Nc2ccc(Cl)cc2)n1.COCc1nc2ccccc2n1-c1nc(N)c(F)c(Nc2ccc(OC(F)F)cc2)n1.COCc1nc2ccccc2n1-c1nc(N)c(F)c(Nc2ccc(OC)cc2)n1. The van der Waals surface area contributed by atoms with Crippen LogP contribution in [0.4, 0.5) is 95.6 Å². The van der Waals surface area contributed by atoms with Crippen LogP contribution in [-0.4, -0.2) is 120 Å². The Morgan fingerprint density at radius 3 is 0.845 bits per heavy atom. The molecule has 0 fully saturated rings. The molecule has 12 N–H and O–H groups in total. The highest BCUT2D eigenvalue weighted by atomic mass is 35.5. The number of nitrogens with one attached hydrogen (secondary N) is 4. The fourth-order valence-electron chi connectivity index (χ4n) is 11.8. The van der Waals surface area contributed by atoms with Crippen LogP contribution in [0.3, 0.4) is 0 Å². The maximum Gasteiger partial charge on any atom is 0.387 e. The minimum absolute atomic E-state index is 0.00694. The molecule has 0 aliphatic rings. The number of hydrogen-bond acceptors (Lipinski definition) is 26. The van der Waals surface area contributed by atoms with Gasteiger partial charge in [-0.25, -0.2) is 19.9 Å². The summed E-state index contributed by atoms with van der Waals surface area (Å²) in [7, 11) is 7.82. The summed E-state index contributed by atoms with van der Waals surface area (Å²) in [5, 5.41) is 12.2. The molecule has 0 atom stereocenters. The summed E-state index contributed by atoms with van der Waals surface area (Å²) in [6.07, 6.45) is 0. The van der Waals surface area contributed by atoms with Crippen molar-refractivity contribution in [1.29, 1.82) is 0 Å². The van der Waals surface area contributed by atoms with Crippen molar-refractivity contribution in [2.45, 2.75) is 40.0 Å². The van der Waals surface area contributed by atoms with Gasteiger partial charge < -0.3 is 72.6 Å². The van der Waals surface area contributed by atoms with Crippen LogP contribution in [0.25, 0.3) is 67.9 Å². The van der Waals surface area contributed by atoms with E-state index in [9.17, 15) is 26.3 Å². The lowest BCUT2D eigenvalue weighted by atomic mass is 10.2. The number of benzene rings is 8.